The Labute approximate surface area is 161 Å². The van der Waals surface area contributed by atoms with Crippen molar-refractivity contribution in [1.82, 2.24) is 14.1 Å². The highest BCUT2D eigenvalue weighted by Gasteiger charge is 2.08. The second kappa shape index (κ2) is 7.52. The lowest BCUT2D eigenvalue weighted by Gasteiger charge is -2.06. The monoisotopic (exact) mass is 373 g/mol. The molecule has 4 aromatic rings. The fraction of sp³-hybridized carbons (Fsp3) is 0.136. The van der Waals surface area contributed by atoms with E-state index in [0.717, 1.165) is 27.7 Å². The largest absolute Gasteiger partial charge is 0.469 e. The molecular formula is C22H19N3O3. The minimum Gasteiger partial charge on any atom is -0.469 e. The molecule has 0 aliphatic carbocycles. The molecule has 4 rings (SSSR count). The lowest BCUT2D eigenvalue weighted by molar-refractivity contribution is -0.140. The molecule has 28 heavy (non-hydrogen) atoms. The van der Waals surface area contributed by atoms with E-state index in [-0.39, 0.29) is 11.7 Å². The third-order valence-corrected chi connectivity index (χ3v) is 4.74. The topological polar surface area (TPSA) is 66.1 Å². The molecule has 140 valence electrons. The molecule has 0 bridgehead atoms. The highest BCUT2D eigenvalue weighted by molar-refractivity contribution is 5.83. The van der Waals surface area contributed by atoms with E-state index in [2.05, 4.69) is 9.72 Å². The number of aromatic nitrogens is 3. The van der Waals surface area contributed by atoms with E-state index in [1.807, 2.05) is 48.5 Å². The van der Waals surface area contributed by atoms with Crippen LogP contribution < -0.4 is 5.69 Å². The van der Waals surface area contributed by atoms with E-state index in [9.17, 15) is 9.59 Å². The van der Waals surface area contributed by atoms with Crippen molar-refractivity contribution in [2.75, 3.05) is 7.11 Å². The molecule has 0 N–H and O–H groups in total. The number of esters is 1. The summed E-state index contributed by atoms with van der Waals surface area (Å²) in [6.07, 6.45) is 7.99. The minimum absolute atomic E-state index is 0.143. The molecule has 0 aliphatic rings. The lowest BCUT2D eigenvalue weighted by Crippen LogP contribution is -2.21. The average Bonchev–Trinajstić information content (AvgIpc) is 3.13. The molecule has 0 spiro atoms. The van der Waals surface area contributed by atoms with Crippen LogP contribution in [-0.4, -0.2) is 27.2 Å². The summed E-state index contributed by atoms with van der Waals surface area (Å²) in [5, 5.41) is 2.06. The number of fused-ring (bicyclic) bond motifs is 1. The molecule has 2 aromatic heterocycles. The molecule has 0 saturated carbocycles. The van der Waals surface area contributed by atoms with Gasteiger partial charge in [-0.3, -0.25) is 18.9 Å². The summed E-state index contributed by atoms with van der Waals surface area (Å²) in [4.78, 5) is 28.3. The van der Waals surface area contributed by atoms with Gasteiger partial charge in [-0.2, -0.15) is 0 Å². The summed E-state index contributed by atoms with van der Waals surface area (Å²) < 4.78 is 7.88. The Balaban J connectivity index is 1.61. The maximum absolute atomic E-state index is 12.9. The normalized spacial score (nSPS) is 10.9. The van der Waals surface area contributed by atoms with Crippen LogP contribution in [0.4, 0.5) is 0 Å². The fourth-order valence-corrected chi connectivity index (χ4v) is 3.16. The standard InChI is InChI=1S/C22H19N3O3/c1-28-21(26)9-4-16-2-6-19(7-3-16)24-12-13-25(22(24)27)20-8-5-18-15-23-11-10-17(18)14-20/h2-3,5-8,10-15H,4,9H2,1H3. The smallest absolute Gasteiger partial charge is 0.337 e. The predicted octanol–water partition coefficient (Wildman–Crippen LogP) is 3.28. The summed E-state index contributed by atoms with van der Waals surface area (Å²) in [5.41, 5.74) is 2.45. The van der Waals surface area contributed by atoms with Crippen LogP contribution in [0.15, 0.2) is 78.1 Å². The van der Waals surface area contributed by atoms with Crippen LogP contribution in [0.2, 0.25) is 0 Å². The van der Waals surface area contributed by atoms with E-state index < -0.39 is 0 Å². The van der Waals surface area contributed by atoms with Crippen LogP contribution in [-0.2, 0) is 16.0 Å². The predicted molar refractivity (Wildman–Crippen MR) is 107 cm³/mol. The zero-order valence-corrected chi connectivity index (χ0v) is 15.4. The molecule has 2 heterocycles. The van der Waals surface area contributed by atoms with E-state index in [4.69, 9.17) is 0 Å². The summed E-state index contributed by atoms with van der Waals surface area (Å²) in [6, 6.07) is 15.4. The van der Waals surface area contributed by atoms with Gasteiger partial charge in [0.2, 0.25) is 0 Å². The molecular weight excluding hydrogens is 354 g/mol. The van der Waals surface area contributed by atoms with E-state index >= 15 is 0 Å². The van der Waals surface area contributed by atoms with Gasteiger partial charge in [0.05, 0.1) is 18.5 Å². The molecule has 0 radical (unpaired) electrons. The van der Waals surface area contributed by atoms with Crippen molar-refractivity contribution in [2.45, 2.75) is 12.8 Å². The molecule has 0 amide bonds. The number of carbonyl (C=O) groups excluding carboxylic acids is 1. The Morgan fingerprint density at radius 1 is 0.964 bits per heavy atom. The first-order valence-electron chi connectivity index (χ1n) is 8.96. The quantitative estimate of drug-likeness (QED) is 0.504. The number of aryl methyl sites for hydroxylation is 1. The van der Waals surface area contributed by atoms with Crippen molar-refractivity contribution in [3.8, 4) is 11.4 Å². The molecule has 6 heteroatoms. The summed E-state index contributed by atoms with van der Waals surface area (Å²) in [7, 11) is 1.38. The van der Waals surface area contributed by atoms with Crippen molar-refractivity contribution in [3.05, 3.63) is 89.4 Å². The highest BCUT2D eigenvalue weighted by atomic mass is 16.5. The Morgan fingerprint density at radius 3 is 2.43 bits per heavy atom. The minimum atomic E-state index is -0.233. The second-order valence-corrected chi connectivity index (χ2v) is 6.47. The highest BCUT2D eigenvalue weighted by Crippen LogP contribution is 2.17. The van der Waals surface area contributed by atoms with E-state index in [1.165, 1.54) is 7.11 Å². The van der Waals surface area contributed by atoms with Gasteiger partial charge < -0.3 is 4.74 Å². The van der Waals surface area contributed by atoms with Gasteiger partial charge in [0.15, 0.2) is 0 Å². The van der Waals surface area contributed by atoms with Gasteiger partial charge in [0.1, 0.15) is 0 Å². The van der Waals surface area contributed by atoms with Gasteiger partial charge in [0, 0.05) is 36.6 Å². The molecule has 6 nitrogen and oxygen atoms in total. The van der Waals surface area contributed by atoms with Crippen LogP contribution in [0, 0.1) is 0 Å². The molecule has 0 unspecified atom stereocenters. The van der Waals surface area contributed by atoms with E-state index in [1.54, 1.807) is 33.9 Å². The first-order chi connectivity index (χ1) is 13.7. The van der Waals surface area contributed by atoms with Crippen molar-refractivity contribution < 1.29 is 9.53 Å². The number of ether oxygens (including phenoxy) is 1. The zero-order valence-electron chi connectivity index (χ0n) is 15.4. The number of rotatable bonds is 5. The number of nitrogens with zero attached hydrogens (tertiary/aromatic N) is 3. The maximum Gasteiger partial charge on any atom is 0.337 e. The van der Waals surface area contributed by atoms with Gasteiger partial charge in [0.25, 0.3) is 0 Å². The van der Waals surface area contributed by atoms with Crippen molar-refractivity contribution in [3.63, 3.8) is 0 Å². The van der Waals surface area contributed by atoms with Gasteiger partial charge in [-0.05, 0) is 47.7 Å². The number of carbonyl (C=O) groups is 1. The molecule has 0 aliphatic heterocycles. The maximum atomic E-state index is 12.9. The van der Waals surface area contributed by atoms with Gasteiger partial charge in [-0.1, -0.05) is 18.2 Å². The number of methoxy groups -OCH3 is 1. The van der Waals surface area contributed by atoms with Crippen LogP contribution in [0.3, 0.4) is 0 Å². The molecule has 2 aromatic carbocycles. The van der Waals surface area contributed by atoms with Crippen molar-refractivity contribution >= 4 is 16.7 Å². The van der Waals surface area contributed by atoms with Gasteiger partial charge in [-0.15, -0.1) is 0 Å². The third-order valence-electron chi connectivity index (χ3n) is 4.74. The Kier molecular flexibility index (Phi) is 4.76. The van der Waals surface area contributed by atoms with Gasteiger partial charge >= 0.3 is 11.7 Å². The van der Waals surface area contributed by atoms with Crippen LogP contribution in [0.5, 0.6) is 0 Å². The zero-order chi connectivity index (χ0) is 19.5. The Morgan fingerprint density at radius 2 is 1.68 bits per heavy atom. The van der Waals surface area contributed by atoms with E-state index in [0.29, 0.717) is 12.8 Å². The van der Waals surface area contributed by atoms with Crippen molar-refractivity contribution in [1.29, 1.82) is 0 Å². The summed E-state index contributed by atoms with van der Waals surface area (Å²) in [5.74, 6) is -0.233. The molecule has 0 fully saturated rings. The SMILES string of the molecule is COC(=O)CCc1ccc(-n2ccn(-c3ccc4cnccc4c3)c2=O)cc1. The first-order valence-corrected chi connectivity index (χ1v) is 8.96. The molecule has 0 atom stereocenters. The lowest BCUT2D eigenvalue weighted by atomic mass is 10.1. The van der Waals surface area contributed by atoms with Crippen LogP contribution in [0.1, 0.15) is 12.0 Å². The van der Waals surface area contributed by atoms with Gasteiger partial charge in [-0.25, -0.2) is 4.79 Å². The third kappa shape index (κ3) is 3.44. The average molecular weight is 373 g/mol. The number of pyridine rings is 1. The Bertz CT molecular complexity index is 1190. The van der Waals surface area contributed by atoms with Crippen molar-refractivity contribution in [2.24, 2.45) is 0 Å². The molecule has 0 saturated heterocycles. The summed E-state index contributed by atoms with van der Waals surface area (Å²) in [6.45, 7) is 0. The second-order valence-electron chi connectivity index (χ2n) is 6.47. The Hall–Kier alpha value is -3.67. The van der Waals surface area contributed by atoms with Crippen LogP contribution >= 0.6 is 0 Å². The summed E-state index contributed by atoms with van der Waals surface area (Å²) >= 11 is 0. The first kappa shape index (κ1) is 17.7. The van der Waals surface area contributed by atoms with Crippen LogP contribution in [0.25, 0.3) is 22.1 Å². The fourth-order valence-electron chi connectivity index (χ4n) is 3.16. The number of hydrogen-bond donors (Lipinski definition) is 0. The number of benzene rings is 2. The number of hydrogen-bond acceptors (Lipinski definition) is 4. The number of imidazole rings is 1.